The number of Topliss-reactive ketones (excluding diaryl/α,β-unsaturated/α-hetero) is 1. The van der Waals surface area contributed by atoms with Crippen molar-refractivity contribution in [3.05, 3.63) is 0 Å². The first-order valence-corrected chi connectivity index (χ1v) is 5.70. The van der Waals surface area contributed by atoms with Crippen LogP contribution in [-0.2, 0) is 4.79 Å². The maximum absolute atomic E-state index is 11.4. The van der Waals surface area contributed by atoms with Crippen molar-refractivity contribution in [1.82, 2.24) is 5.32 Å². The van der Waals surface area contributed by atoms with Crippen LogP contribution in [0.1, 0.15) is 52.4 Å². The normalized spacial score (nSPS) is 14.3. The van der Waals surface area contributed by atoms with Gasteiger partial charge in [-0.1, -0.05) is 19.3 Å². The van der Waals surface area contributed by atoms with E-state index in [2.05, 4.69) is 11.2 Å². The smallest absolute Gasteiger partial charge is 0.149 e. The van der Waals surface area contributed by atoms with Crippen molar-refractivity contribution in [3.63, 3.8) is 0 Å². The summed E-state index contributed by atoms with van der Waals surface area (Å²) < 4.78 is 0. The Hall–Kier alpha value is -0.810. The molecule has 0 aliphatic rings. The summed E-state index contributed by atoms with van der Waals surface area (Å²) in [5, 5.41) is 3.10. The highest BCUT2D eigenvalue weighted by Crippen LogP contribution is 2.16. The van der Waals surface area contributed by atoms with Crippen LogP contribution in [-0.4, -0.2) is 18.4 Å². The number of ketones is 1. The fourth-order valence-corrected chi connectivity index (χ4v) is 1.54. The zero-order chi connectivity index (χ0) is 11.7. The monoisotopic (exact) mass is 209 g/mol. The summed E-state index contributed by atoms with van der Waals surface area (Å²) in [6.45, 7) is 3.62. The molecule has 0 bridgehead atoms. The Kier molecular flexibility index (Phi) is 7.07. The Balaban J connectivity index is 3.65. The van der Waals surface area contributed by atoms with Gasteiger partial charge in [-0.3, -0.25) is 4.79 Å². The summed E-state index contributed by atoms with van der Waals surface area (Å²) in [5.74, 6) is 2.85. The molecule has 2 heteroatoms. The van der Waals surface area contributed by atoms with E-state index in [-0.39, 0.29) is 11.3 Å². The van der Waals surface area contributed by atoms with Gasteiger partial charge in [0.2, 0.25) is 0 Å². The number of terminal acetylenes is 1. The highest BCUT2D eigenvalue weighted by Gasteiger charge is 2.26. The van der Waals surface area contributed by atoms with E-state index < -0.39 is 0 Å². The van der Waals surface area contributed by atoms with Gasteiger partial charge in [0.15, 0.2) is 0 Å². The second-order valence-corrected chi connectivity index (χ2v) is 4.26. The number of hydrogen-bond acceptors (Lipinski definition) is 2. The predicted molar refractivity (Wildman–Crippen MR) is 64.7 cm³/mol. The fraction of sp³-hybridized carbons (Fsp3) is 0.769. The standard InChI is InChI=1S/C13H23NO/c1-5-6-7-8-9-10-11-13(3,14-4)12(2)15/h1,14H,6-11H2,2-4H3/t13-/m1/s1. The van der Waals surface area contributed by atoms with Crippen LogP contribution in [0.15, 0.2) is 0 Å². The van der Waals surface area contributed by atoms with Crippen molar-refractivity contribution in [2.45, 2.75) is 57.9 Å². The van der Waals surface area contributed by atoms with E-state index in [1.54, 1.807) is 6.92 Å². The van der Waals surface area contributed by atoms with Gasteiger partial charge in [-0.05, 0) is 33.7 Å². The van der Waals surface area contributed by atoms with Crippen LogP contribution in [0.3, 0.4) is 0 Å². The zero-order valence-electron chi connectivity index (χ0n) is 10.2. The van der Waals surface area contributed by atoms with Crippen molar-refractivity contribution < 1.29 is 4.79 Å². The molecule has 2 nitrogen and oxygen atoms in total. The molecule has 1 N–H and O–H groups in total. The fourth-order valence-electron chi connectivity index (χ4n) is 1.54. The number of carbonyl (C=O) groups is 1. The minimum atomic E-state index is -0.341. The van der Waals surface area contributed by atoms with Gasteiger partial charge in [0.25, 0.3) is 0 Å². The molecular formula is C13H23NO. The molecule has 0 unspecified atom stereocenters. The molecule has 0 aromatic heterocycles. The van der Waals surface area contributed by atoms with Crippen LogP contribution in [0, 0.1) is 12.3 Å². The molecule has 0 aromatic rings. The summed E-state index contributed by atoms with van der Waals surface area (Å²) in [6, 6.07) is 0. The van der Waals surface area contributed by atoms with Gasteiger partial charge in [-0.15, -0.1) is 12.3 Å². The highest BCUT2D eigenvalue weighted by atomic mass is 16.1. The molecule has 0 rings (SSSR count). The minimum Gasteiger partial charge on any atom is -0.308 e. The van der Waals surface area contributed by atoms with E-state index in [1.807, 2.05) is 14.0 Å². The molecule has 0 spiro atoms. The number of unbranched alkanes of at least 4 members (excludes halogenated alkanes) is 4. The average Bonchev–Trinajstić information content (AvgIpc) is 2.22. The highest BCUT2D eigenvalue weighted by molar-refractivity contribution is 5.85. The molecule has 0 aromatic carbocycles. The van der Waals surface area contributed by atoms with Gasteiger partial charge in [-0.25, -0.2) is 0 Å². The largest absolute Gasteiger partial charge is 0.308 e. The predicted octanol–water partition coefficient (Wildman–Crippen LogP) is 2.53. The molecule has 0 radical (unpaired) electrons. The zero-order valence-corrected chi connectivity index (χ0v) is 10.2. The number of nitrogens with one attached hydrogen (secondary N) is 1. The van der Waals surface area contributed by atoms with Crippen LogP contribution in [0.5, 0.6) is 0 Å². The summed E-state index contributed by atoms with van der Waals surface area (Å²) >= 11 is 0. The second-order valence-electron chi connectivity index (χ2n) is 4.26. The van der Waals surface area contributed by atoms with Crippen molar-refractivity contribution in [2.24, 2.45) is 0 Å². The van der Waals surface area contributed by atoms with E-state index in [4.69, 9.17) is 6.42 Å². The Morgan fingerprint density at radius 3 is 2.40 bits per heavy atom. The molecule has 0 fully saturated rings. The Labute approximate surface area is 93.8 Å². The first-order chi connectivity index (χ1) is 7.06. The molecule has 0 heterocycles. The SMILES string of the molecule is C#CCCCCCC[C@@](C)(NC)C(C)=O. The van der Waals surface area contributed by atoms with Gasteiger partial charge in [0, 0.05) is 6.42 Å². The lowest BCUT2D eigenvalue weighted by molar-refractivity contribution is -0.122. The third-order valence-corrected chi connectivity index (χ3v) is 3.08. The Bertz CT molecular complexity index is 229. The van der Waals surface area contributed by atoms with Crippen molar-refractivity contribution in [2.75, 3.05) is 7.05 Å². The van der Waals surface area contributed by atoms with Gasteiger partial charge < -0.3 is 5.32 Å². The van der Waals surface area contributed by atoms with E-state index in [9.17, 15) is 4.79 Å². The molecule has 0 saturated carbocycles. The lowest BCUT2D eigenvalue weighted by atomic mass is 9.90. The van der Waals surface area contributed by atoms with E-state index >= 15 is 0 Å². The average molecular weight is 209 g/mol. The van der Waals surface area contributed by atoms with Crippen molar-refractivity contribution in [1.29, 1.82) is 0 Å². The van der Waals surface area contributed by atoms with E-state index in [1.165, 1.54) is 6.42 Å². The number of likely N-dealkylation sites (N-methyl/N-ethyl adjacent to an activating group) is 1. The van der Waals surface area contributed by atoms with Gasteiger partial charge in [0.1, 0.15) is 5.78 Å². The van der Waals surface area contributed by atoms with Crippen LogP contribution in [0.25, 0.3) is 0 Å². The maximum Gasteiger partial charge on any atom is 0.149 e. The Morgan fingerprint density at radius 1 is 1.33 bits per heavy atom. The molecule has 15 heavy (non-hydrogen) atoms. The van der Waals surface area contributed by atoms with E-state index in [0.29, 0.717) is 0 Å². The van der Waals surface area contributed by atoms with Gasteiger partial charge >= 0.3 is 0 Å². The third-order valence-electron chi connectivity index (χ3n) is 3.08. The topological polar surface area (TPSA) is 29.1 Å². The molecule has 86 valence electrons. The molecule has 0 aliphatic carbocycles. The molecule has 0 aliphatic heterocycles. The maximum atomic E-state index is 11.4. The van der Waals surface area contributed by atoms with Crippen molar-refractivity contribution >= 4 is 5.78 Å². The molecule has 0 saturated heterocycles. The number of carbonyl (C=O) groups excluding carboxylic acids is 1. The lowest BCUT2D eigenvalue weighted by Crippen LogP contribution is -2.46. The van der Waals surface area contributed by atoms with Gasteiger partial charge in [0.05, 0.1) is 5.54 Å². The van der Waals surface area contributed by atoms with E-state index in [0.717, 1.165) is 32.1 Å². The Morgan fingerprint density at radius 2 is 1.93 bits per heavy atom. The van der Waals surface area contributed by atoms with Gasteiger partial charge in [-0.2, -0.15) is 0 Å². The van der Waals surface area contributed by atoms with Crippen molar-refractivity contribution in [3.8, 4) is 12.3 Å². The van der Waals surface area contributed by atoms with Crippen LogP contribution in [0.4, 0.5) is 0 Å². The quantitative estimate of drug-likeness (QED) is 0.491. The number of hydrogen-bond donors (Lipinski definition) is 1. The second kappa shape index (κ2) is 7.48. The molecule has 1 atom stereocenters. The summed E-state index contributed by atoms with van der Waals surface area (Å²) in [4.78, 5) is 11.4. The number of rotatable bonds is 8. The molecular weight excluding hydrogens is 186 g/mol. The van der Waals surface area contributed by atoms with Crippen LogP contribution >= 0.6 is 0 Å². The first-order valence-electron chi connectivity index (χ1n) is 5.70. The van der Waals surface area contributed by atoms with Crippen LogP contribution < -0.4 is 5.32 Å². The molecule has 0 amide bonds. The summed E-state index contributed by atoms with van der Waals surface area (Å²) in [7, 11) is 1.85. The minimum absolute atomic E-state index is 0.216. The first kappa shape index (κ1) is 14.2. The van der Waals surface area contributed by atoms with Crippen LogP contribution in [0.2, 0.25) is 0 Å². The lowest BCUT2D eigenvalue weighted by Gasteiger charge is -2.26. The summed E-state index contributed by atoms with van der Waals surface area (Å²) in [6.07, 6.45) is 11.5. The summed E-state index contributed by atoms with van der Waals surface area (Å²) in [5.41, 5.74) is -0.341. The third kappa shape index (κ3) is 5.59.